The zero-order valence-corrected chi connectivity index (χ0v) is 10.4. The number of likely N-dealkylation sites (N-methyl/N-ethyl adjacent to an activating group) is 1. The molecule has 3 heteroatoms. The molecule has 2 aromatic carbocycles. The molecule has 1 aliphatic heterocycles. The van der Waals surface area contributed by atoms with Crippen molar-refractivity contribution in [3.05, 3.63) is 48.0 Å². The molecule has 0 spiro atoms. The highest BCUT2D eigenvalue weighted by Crippen LogP contribution is 2.30. The first-order chi connectivity index (χ1) is 8.72. The van der Waals surface area contributed by atoms with E-state index in [1.165, 1.54) is 11.3 Å². The summed E-state index contributed by atoms with van der Waals surface area (Å²) in [6.45, 7) is 1.10. The summed E-state index contributed by atoms with van der Waals surface area (Å²) in [7, 11) is 2.12. The largest absolute Gasteiger partial charge is 0.508 e. The van der Waals surface area contributed by atoms with E-state index in [1.807, 2.05) is 12.1 Å². The maximum atomic E-state index is 9.25. The van der Waals surface area contributed by atoms with Crippen molar-refractivity contribution in [3.8, 4) is 5.75 Å². The summed E-state index contributed by atoms with van der Waals surface area (Å²) in [6, 6.07) is 13.6. The molecule has 0 fully saturated rings. The number of benzene rings is 2. The molecule has 3 rings (SSSR count). The lowest BCUT2D eigenvalue weighted by Crippen LogP contribution is -2.12. The van der Waals surface area contributed by atoms with Gasteiger partial charge in [0.25, 0.3) is 0 Å². The van der Waals surface area contributed by atoms with Crippen molar-refractivity contribution in [2.24, 2.45) is 0 Å². The molecule has 1 aliphatic rings. The molecule has 92 valence electrons. The summed E-state index contributed by atoms with van der Waals surface area (Å²) in [6.07, 6.45) is 1.11. The third kappa shape index (κ3) is 1.99. The minimum atomic E-state index is 0.288. The van der Waals surface area contributed by atoms with Crippen LogP contribution in [0, 0.1) is 0 Å². The van der Waals surface area contributed by atoms with Crippen LogP contribution < -0.4 is 10.2 Å². The molecular formula is C15H16N2O. The van der Waals surface area contributed by atoms with Crippen molar-refractivity contribution in [2.45, 2.75) is 6.42 Å². The highest BCUT2D eigenvalue weighted by molar-refractivity contribution is 5.68. The Labute approximate surface area is 107 Å². The molecule has 0 aromatic heterocycles. The number of hydrogen-bond acceptors (Lipinski definition) is 3. The molecule has 0 amide bonds. The van der Waals surface area contributed by atoms with Crippen LogP contribution in [0.1, 0.15) is 5.56 Å². The van der Waals surface area contributed by atoms with Gasteiger partial charge in [-0.25, -0.2) is 0 Å². The zero-order chi connectivity index (χ0) is 12.5. The molecule has 0 atom stereocenters. The van der Waals surface area contributed by atoms with Crippen molar-refractivity contribution in [2.75, 3.05) is 23.8 Å². The van der Waals surface area contributed by atoms with Crippen molar-refractivity contribution in [1.82, 2.24) is 0 Å². The molecule has 0 bridgehead atoms. The Morgan fingerprint density at radius 1 is 1.06 bits per heavy atom. The van der Waals surface area contributed by atoms with E-state index >= 15 is 0 Å². The topological polar surface area (TPSA) is 35.5 Å². The number of anilines is 3. The van der Waals surface area contributed by atoms with Crippen LogP contribution in [0.4, 0.5) is 17.1 Å². The predicted octanol–water partition coefficient (Wildman–Crippen LogP) is 3.13. The molecule has 3 nitrogen and oxygen atoms in total. The number of phenolic OH excluding ortho intramolecular Hbond substituents is 1. The summed E-state index contributed by atoms with van der Waals surface area (Å²) < 4.78 is 0. The first-order valence-electron chi connectivity index (χ1n) is 6.12. The van der Waals surface area contributed by atoms with Crippen LogP contribution in [0.25, 0.3) is 0 Å². The molecule has 1 heterocycles. The molecular weight excluding hydrogens is 224 g/mol. The van der Waals surface area contributed by atoms with Crippen LogP contribution in [0.15, 0.2) is 42.5 Å². The van der Waals surface area contributed by atoms with Gasteiger partial charge in [0.1, 0.15) is 5.75 Å². The monoisotopic (exact) mass is 240 g/mol. The summed E-state index contributed by atoms with van der Waals surface area (Å²) >= 11 is 0. The van der Waals surface area contributed by atoms with Crippen LogP contribution in [0.2, 0.25) is 0 Å². The fraction of sp³-hybridized carbons (Fsp3) is 0.200. The van der Waals surface area contributed by atoms with E-state index in [2.05, 4.69) is 35.5 Å². The Bertz CT molecular complexity index is 563. The Balaban J connectivity index is 1.84. The van der Waals surface area contributed by atoms with Crippen LogP contribution in [-0.4, -0.2) is 18.7 Å². The second kappa shape index (κ2) is 4.26. The fourth-order valence-corrected chi connectivity index (χ4v) is 2.36. The summed E-state index contributed by atoms with van der Waals surface area (Å²) in [5.41, 5.74) is 4.79. The van der Waals surface area contributed by atoms with Crippen LogP contribution >= 0.6 is 0 Å². The van der Waals surface area contributed by atoms with Crippen LogP contribution in [-0.2, 0) is 6.42 Å². The number of rotatable bonds is 2. The molecule has 2 aromatic rings. The van der Waals surface area contributed by atoms with Gasteiger partial charge >= 0.3 is 0 Å². The maximum Gasteiger partial charge on any atom is 0.115 e. The SMILES string of the molecule is CN1CCc2cc(Nc3ccc(O)cc3)ccc21. The lowest BCUT2D eigenvalue weighted by molar-refractivity contribution is 0.475. The van der Waals surface area contributed by atoms with Gasteiger partial charge in [0.15, 0.2) is 0 Å². The second-order valence-electron chi connectivity index (χ2n) is 4.69. The number of nitrogens with zero attached hydrogens (tertiary/aromatic N) is 1. The average Bonchev–Trinajstić information content (AvgIpc) is 2.74. The normalized spacial score (nSPS) is 13.5. The summed E-state index contributed by atoms with van der Waals surface area (Å²) in [5.74, 6) is 0.288. The van der Waals surface area contributed by atoms with Gasteiger partial charge in [-0.3, -0.25) is 0 Å². The Hall–Kier alpha value is -2.16. The maximum absolute atomic E-state index is 9.25. The Morgan fingerprint density at radius 3 is 2.56 bits per heavy atom. The number of nitrogens with one attached hydrogen (secondary N) is 1. The number of fused-ring (bicyclic) bond motifs is 1. The third-order valence-electron chi connectivity index (χ3n) is 3.36. The van der Waals surface area contributed by atoms with Gasteiger partial charge in [0.05, 0.1) is 0 Å². The fourth-order valence-electron chi connectivity index (χ4n) is 2.36. The van der Waals surface area contributed by atoms with Gasteiger partial charge in [-0.1, -0.05) is 0 Å². The van der Waals surface area contributed by atoms with Crippen molar-refractivity contribution in [3.63, 3.8) is 0 Å². The third-order valence-corrected chi connectivity index (χ3v) is 3.36. The average molecular weight is 240 g/mol. The lowest BCUT2D eigenvalue weighted by Gasteiger charge is -2.13. The van der Waals surface area contributed by atoms with E-state index in [9.17, 15) is 5.11 Å². The summed E-state index contributed by atoms with van der Waals surface area (Å²) in [4.78, 5) is 2.28. The molecule has 0 saturated carbocycles. The van der Waals surface area contributed by atoms with E-state index in [4.69, 9.17) is 0 Å². The van der Waals surface area contributed by atoms with Gasteiger partial charge in [0.2, 0.25) is 0 Å². The molecule has 0 unspecified atom stereocenters. The van der Waals surface area contributed by atoms with E-state index < -0.39 is 0 Å². The van der Waals surface area contributed by atoms with Gasteiger partial charge in [-0.05, 0) is 54.4 Å². The Morgan fingerprint density at radius 2 is 1.78 bits per heavy atom. The molecule has 18 heavy (non-hydrogen) atoms. The predicted molar refractivity (Wildman–Crippen MR) is 74.8 cm³/mol. The minimum Gasteiger partial charge on any atom is -0.508 e. The number of hydrogen-bond donors (Lipinski definition) is 2. The Kier molecular flexibility index (Phi) is 2.59. The molecule has 0 aliphatic carbocycles. The molecule has 2 N–H and O–H groups in total. The van der Waals surface area contributed by atoms with Crippen molar-refractivity contribution in [1.29, 1.82) is 0 Å². The van der Waals surface area contributed by atoms with Crippen molar-refractivity contribution < 1.29 is 5.11 Å². The van der Waals surface area contributed by atoms with Gasteiger partial charge in [0, 0.05) is 30.7 Å². The van der Waals surface area contributed by atoms with Crippen LogP contribution in [0.5, 0.6) is 5.75 Å². The van der Waals surface area contributed by atoms with Gasteiger partial charge in [-0.15, -0.1) is 0 Å². The highest BCUT2D eigenvalue weighted by atomic mass is 16.3. The first-order valence-corrected chi connectivity index (χ1v) is 6.12. The van der Waals surface area contributed by atoms with E-state index in [0.29, 0.717) is 0 Å². The molecule has 0 saturated heterocycles. The minimum absolute atomic E-state index is 0.288. The van der Waals surface area contributed by atoms with Gasteiger partial charge in [-0.2, -0.15) is 0 Å². The smallest absolute Gasteiger partial charge is 0.115 e. The van der Waals surface area contributed by atoms with Crippen molar-refractivity contribution >= 4 is 17.1 Å². The quantitative estimate of drug-likeness (QED) is 0.792. The summed E-state index contributed by atoms with van der Waals surface area (Å²) in [5, 5.41) is 12.6. The number of aromatic hydroxyl groups is 1. The first kappa shape index (κ1) is 11.0. The lowest BCUT2D eigenvalue weighted by atomic mass is 10.1. The molecule has 0 radical (unpaired) electrons. The standard InChI is InChI=1S/C15H16N2O/c1-17-9-8-11-10-13(4-7-15(11)17)16-12-2-5-14(18)6-3-12/h2-7,10,16,18H,8-9H2,1H3. The van der Waals surface area contributed by atoms with Gasteiger partial charge < -0.3 is 15.3 Å². The second-order valence-corrected chi connectivity index (χ2v) is 4.69. The van der Waals surface area contributed by atoms with E-state index in [-0.39, 0.29) is 5.75 Å². The van der Waals surface area contributed by atoms with E-state index in [1.54, 1.807) is 12.1 Å². The number of phenols is 1. The zero-order valence-electron chi connectivity index (χ0n) is 10.4. The van der Waals surface area contributed by atoms with Crippen LogP contribution in [0.3, 0.4) is 0 Å². The van der Waals surface area contributed by atoms with E-state index in [0.717, 1.165) is 24.3 Å². The highest BCUT2D eigenvalue weighted by Gasteiger charge is 2.15.